The number of methoxy groups -OCH3 is 1. The lowest BCUT2D eigenvalue weighted by molar-refractivity contribution is -0.130. The first-order chi connectivity index (χ1) is 14.5. The van der Waals surface area contributed by atoms with Crippen molar-refractivity contribution >= 4 is 35.0 Å². The number of piperazine rings is 1. The molecule has 0 radical (unpaired) electrons. The number of hydrogen-bond donors (Lipinski definition) is 1. The molecule has 7 heteroatoms. The van der Waals surface area contributed by atoms with Gasteiger partial charge < -0.3 is 19.9 Å². The first kappa shape index (κ1) is 22.0. The van der Waals surface area contributed by atoms with Crippen LogP contribution in [-0.2, 0) is 9.59 Å². The number of aryl methyl sites for hydroxylation is 1. The van der Waals surface area contributed by atoms with E-state index < -0.39 is 0 Å². The minimum absolute atomic E-state index is 0.0859. The minimum atomic E-state index is -0.258. The molecule has 1 atom stereocenters. The molecule has 0 saturated carbocycles. The van der Waals surface area contributed by atoms with Gasteiger partial charge in [0.25, 0.3) is 0 Å². The Morgan fingerprint density at radius 1 is 1.07 bits per heavy atom. The highest BCUT2D eigenvalue weighted by atomic mass is 32.2. The van der Waals surface area contributed by atoms with Crippen LogP contribution >= 0.6 is 11.8 Å². The molecule has 1 N–H and O–H groups in total. The van der Waals surface area contributed by atoms with Crippen LogP contribution in [0.3, 0.4) is 0 Å². The van der Waals surface area contributed by atoms with Crippen molar-refractivity contribution in [3.8, 4) is 5.75 Å². The predicted octanol–water partition coefficient (Wildman–Crippen LogP) is 3.41. The van der Waals surface area contributed by atoms with Gasteiger partial charge in [0.15, 0.2) is 0 Å². The standard InChI is InChI=1S/C23H29N3O3S/c1-17-8-10-19(11-9-17)24-22(27)16-30-18(2)23(28)26-14-12-25(13-15-26)20-6-4-5-7-21(20)29-3/h4-11,18H,12-16H2,1-3H3,(H,24,27)/t18-/m0/s1. The fraction of sp³-hybridized carbons (Fsp3) is 0.391. The van der Waals surface area contributed by atoms with Gasteiger partial charge in [0.1, 0.15) is 5.75 Å². The molecule has 30 heavy (non-hydrogen) atoms. The van der Waals surface area contributed by atoms with E-state index in [-0.39, 0.29) is 22.8 Å². The molecule has 2 aromatic carbocycles. The highest BCUT2D eigenvalue weighted by Gasteiger charge is 2.26. The van der Waals surface area contributed by atoms with Crippen LogP contribution in [-0.4, -0.2) is 61.0 Å². The summed E-state index contributed by atoms with van der Waals surface area (Å²) < 4.78 is 5.45. The number of benzene rings is 2. The molecule has 0 unspecified atom stereocenters. The van der Waals surface area contributed by atoms with Crippen LogP contribution in [0.5, 0.6) is 5.75 Å². The van der Waals surface area contributed by atoms with Crippen molar-refractivity contribution in [3.63, 3.8) is 0 Å². The largest absolute Gasteiger partial charge is 0.495 e. The Labute approximate surface area is 182 Å². The lowest BCUT2D eigenvalue weighted by Gasteiger charge is -2.37. The van der Waals surface area contributed by atoms with Gasteiger partial charge in [-0.25, -0.2) is 0 Å². The molecule has 3 rings (SSSR count). The third-order valence-electron chi connectivity index (χ3n) is 5.16. The lowest BCUT2D eigenvalue weighted by Crippen LogP contribution is -2.50. The third-order valence-corrected chi connectivity index (χ3v) is 6.30. The monoisotopic (exact) mass is 427 g/mol. The van der Waals surface area contributed by atoms with Crippen molar-refractivity contribution in [3.05, 3.63) is 54.1 Å². The van der Waals surface area contributed by atoms with Crippen LogP contribution in [0.25, 0.3) is 0 Å². The Hall–Kier alpha value is -2.67. The highest BCUT2D eigenvalue weighted by molar-refractivity contribution is 8.01. The van der Waals surface area contributed by atoms with E-state index in [1.807, 2.05) is 67.3 Å². The van der Waals surface area contributed by atoms with Crippen molar-refractivity contribution in [2.24, 2.45) is 0 Å². The number of rotatable bonds is 7. The van der Waals surface area contributed by atoms with Crippen molar-refractivity contribution in [2.45, 2.75) is 19.1 Å². The molecule has 0 aliphatic carbocycles. The zero-order valence-electron chi connectivity index (χ0n) is 17.8. The van der Waals surface area contributed by atoms with Gasteiger partial charge in [-0.3, -0.25) is 9.59 Å². The highest BCUT2D eigenvalue weighted by Crippen LogP contribution is 2.28. The van der Waals surface area contributed by atoms with Crippen LogP contribution < -0.4 is 15.0 Å². The molecule has 1 heterocycles. The summed E-state index contributed by atoms with van der Waals surface area (Å²) in [7, 11) is 1.67. The summed E-state index contributed by atoms with van der Waals surface area (Å²) in [6, 6.07) is 15.6. The van der Waals surface area contributed by atoms with Crippen LogP contribution in [0, 0.1) is 6.92 Å². The molecule has 160 valence electrons. The zero-order chi connectivity index (χ0) is 21.5. The number of nitrogens with one attached hydrogen (secondary N) is 1. The summed E-state index contributed by atoms with van der Waals surface area (Å²) in [4.78, 5) is 29.1. The van der Waals surface area contributed by atoms with E-state index in [1.54, 1.807) is 7.11 Å². The average molecular weight is 428 g/mol. The summed E-state index contributed by atoms with van der Waals surface area (Å²) in [5.41, 5.74) is 2.98. The molecule has 1 aliphatic heterocycles. The first-order valence-electron chi connectivity index (χ1n) is 10.1. The number of anilines is 2. The lowest BCUT2D eigenvalue weighted by atomic mass is 10.2. The van der Waals surface area contributed by atoms with Gasteiger partial charge in [-0.05, 0) is 38.1 Å². The summed E-state index contributed by atoms with van der Waals surface area (Å²) in [5, 5.41) is 2.62. The SMILES string of the molecule is COc1ccccc1N1CCN(C(=O)[C@H](C)SCC(=O)Nc2ccc(C)cc2)CC1. The fourth-order valence-corrected chi connectivity index (χ4v) is 4.19. The van der Waals surface area contributed by atoms with Gasteiger partial charge in [0.05, 0.1) is 23.8 Å². The molecule has 0 aromatic heterocycles. The van der Waals surface area contributed by atoms with Crippen molar-refractivity contribution in [1.29, 1.82) is 0 Å². The predicted molar refractivity (Wildman–Crippen MR) is 124 cm³/mol. The average Bonchev–Trinajstić information content (AvgIpc) is 2.78. The van der Waals surface area contributed by atoms with Crippen molar-refractivity contribution in [2.75, 3.05) is 49.3 Å². The van der Waals surface area contributed by atoms with Crippen LogP contribution in [0.15, 0.2) is 48.5 Å². The Kier molecular flexibility index (Phi) is 7.63. The summed E-state index contributed by atoms with van der Waals surface area (Å²) in [6.45, 7) is 6.73. The minimum Gasteiger partial charge on any atom is -0.495 e. The Balaban J connectivity index is 1.45. The smallest absolute Gasteiger partial charge is 0.235 e. The van der Waals surface area contributed by atoms with Gasteiger partial charge in [-0.1, -0.05) is 29.8 Å². The number of carbonyl (C=O) groups is 2. The van der Waals surface area contributed by atoms with E-state index in [0.717, 1.165) is 35.8 Å². The van der Waals surface area contributed by atoms with Crippen molar-refractivity contribution in [1.82, 2.24) is 4.90 Å². The van der Waals surface area contributed by atoms with Crippen molar-refractivity contribution < 1.29 is 14.3 Å². The molecule has 2 amide bonds. The second-order valence-corrected chi connectivity index (χ2v) is 8.68. The molecular weight excluding hydrogens is 398 g/mol. The van der Waals surface area contributed by atoms with Crippen LogP contribution in [0.4, 0.5) is 11.4 Å². The number of carbonyl (C=O) groups excluding carboxylic acids is 2. The molecule has 1 aliphatic rings. The number of thioether (sulfide) groups is 1. The van der Waals surface area contributed by atoms with E-state index in [9.17, 15) is 9.59 Å². The van der Waals surface area contributed by atoms with Crippen LogP contribution in [0.2, 0.25) is 0 Å². The quantitative estimate of drug-likeness (QED) is 0.734. The maximum atomic E-state index is 12.8. The third kappa shape index (κ3) is 5.69. The Bertz CT molecular complexity index is 864. The maximum absolute atomic E-state index is 12.8. The second kappa shape index (κ2) is 10.4. The first-order valence-corrected chi connectivity index (χ1v) is 11.2. The summed E-state index contributed by atoms with van der Waals surface area (Å²) in [6.07, 6.45) is 0. The van der Waals surface area contributed by atoms with Gasteiger partial charge >= 0.3 is 0 Å². The number of para-hydroxylation sites is 2. The van der Waals surface area contributed by atoms with E-state index in [0.29, 0.717) is 13.1 Å². The topological polar surface area (TPSA) is 61.9 Å². The van der Waals surface area contributed by atoms with E-state index in [1.165, 1.54) is 11.8 Å². The maximum Gasteiger partial charge on any atom is 0.235 e. The summed E-state index contributed by atoms with van der Waals surface area (Å²) >= 11 is 1.38. The van der Waals surface area contributed by atoms with E-state index >= 15 is 0 Å². The van der Waals surface area contributed by atoms with Gasteiger partial charge in [0, 0.05) is 31.9 Å². The number of ether oxygens (including phenoxy) is 1. The van der Waals surface area contributed by atoms with E-state index in [2.05, 4.69) is 10.2 Å². The Morgan fingerprint density at radius 2 is 1.73 bits per heavy atom. The number of amides is 2. The molecule has 1 saturated heterocycles. The van der Waals surface area contributed by atoms with Gasteiger partial charge in [0.2, 0.25) is 11.8 Å². The van der Waals surface area contributed by atoms with E-state index in [4.69, 9.17) is 4.74 Å². The zero-order valence-corrected chi connectivity index (χ0v) is 18.6. The molecule has 2 aromatic rings. The Morgan fingerprint density at radius 3 is 2.40 bits per heavy atom. The number of hydrogen-bond acceptors (Lipinski definition) is 5. The summed E-state index contributed by atoms with van der Waals surface area (Å²) in [5.74, 6) is 1.09. The molecule has 6 nitrogen and oxygen atoms in total. The second-order valence-electron chi connectivity index (χ2n) is 7.35. The normalized spacial score (nSPS) is 14.9. The molecule has 1 fully saturated rings. The molecule has 0 spiro atoms. The fourth-order valence-electron chi connectivity index (χ4n) is 3.42. The number of nitrogens with zero attached hydrogens (tertiary/aromatic N) is 2. The van der Waals surface area contributed by atoms with Crippen LogP contribution in [0.1, 0.15) is 12.5 Å². The molecular formula is C23H29N3O3S. The van der Waals surface area contributed by atoms with Gasteiger partial charge in [-0.2, -0.15) is 0 Å². The molecule has 0 bridgehead atoms. The van der Waals surface area contributed by atoms with Gasteiger partial charge in [-0.15, -0.1) is 11.8 Å².